The Morgan fingerprint density at radius 1 is 1.09 bits per heavy atom. The highest BCUT2D eigenvalue weighted by Gasteiger charge is 2.28. The van der Waals surface area contributed by atoms with Crippen LogP contribution in [0.25, 0.3) is 33.3 Å². The van der Waals surface area contributed by atoms with Crippen molar-refractivity contribution in [3.8, 4) is 22.3 Å². The quantitative estimate of drug-likeness (QED) is 0.387. The summed E-state index contributed by atoms with van der Waals surface area (Å²) in [6.07, 6.45) is 3.58. The second-order valence-corrected chi connectivity index (χ2v) is 7.72. The van der Waals surface area contributed by atoms with Gasteiger partial charge in [0, 0.05) is 47.0 Å². The third-order valence-electron chi connectivity index (χ3n) is 5.28. The molecule has 5 aromatic rings. The van der Waals surface area contributed by atoms with Crippen LogP contribution in [0.15, 0.2) is 53.7 Å². The number of hydrogen-bond donors (Lipinski definition) is 0. The van der Waals surface area contributed by atoms with Crippen molar-refractivity contribution in [2.24, 2.45) is 0 Å². The molecule has 0 amide bonds. The van der Waals surface area contributed by atoms with Gasteiger partial charge in [-0.25, -0.2) is 0 Å². The van der Waals surface area contributed by atoms with E-state index in [1.807, 2.05) is 36.7 Å². The molecule has 5 heterocycles. The monoisotopic (exact) mass is 453 g/mol. The molecular weight excluding hydrogens is 435 g/mol. The van der Waals surface area contributed by atoms with Crippen LogP contribution in [0.4, 0.5) is 13.2 Å². The van der Waals surface area contributed by atoms with Gasteiger partial charge in [0.1, 0.15) is 12.3 Å². The van der Waals surface area contributed by atoms with Crippen LogP contribution in [0.2, 0.25) is 0 Å². The van der Waals surface area contributed by atoms with Gasteiger partial charge in [-0.2, -0.15) is 28.5 Å². The van der Waals surface area contributed by atoms with Gasteiger partial charge >= 0.3 is 6.18 Å². The van der Waals surface area contributed by atoms with Crippen LogP contribution in [-0.2, 0) is 13.1 Å². The Labute approximate surface area is 185 Å². The molecule has 0 fully saturated rings. The molecule has 0 saturated heterocycles. The lowest BCUT2D eigenvalue weighted by atomic mass is 10.1. The summed E-state index contributed by atoms with van der Waals surface area (Å²) in [4.78, 5) is 4.66. The smallest absolute Gasteiger partial charge is 0.361 e. The summed E-state index contributed by atoms with van der Waals surface area (Å²) in [7, 11) is 0. The fourth-order valence-electron chi connectivity index (χ4n) is 3.91. The summed E-state index contributed by atoms with van der Waals surface area (Å²) >= 11 is 0. The molecule has 5 aromatic heterocycles. The minimum absolute atomic E-state index is 0.410. The number of hydrogen-bond acceptors (Lipinski definition) is 6. The van der Waals surface area contributed by atoms with Gasteiger partial charge in [0.25, 0.3) is 0 Å². The molecule has 0 aliphatic rings. The topological polar surface area (TPSA) is 87.5 Å². The molecule has 0 unspecified atom stereocenters. The van der Waals surface area contributed by atoms with E-state index in [1.165, 1.54) is 12.4 Å². The summed E-state index contributed by atoms with van der Waals surface area (Å²) in [5.41, 5.74) is 5.81. The number of pyridine rings is 1. The predicted molar refractivity (Wildman–Crippen MR) is 113 cm³/mol. The summed E-state index contributed by atoms with van der Waals surface area (Å²) < 4.78 is 46.5. The number of halogens is 3. The van der Waals surface area contributed by atoms with E-state index in [4.69, 9.17) is 4.52 Å². The first kappa shape index (κ1) is 20.9. The zero-order chi connectivity index (χ0) is 23.2. The molecule has 11 heteroatoms. The van der Waals surface area contributed by atoms with Gasteiger partial charge in [-0.15, -0.1) is 0 Å². The zero-order valence-electron chi connectivity index (χ0n) is 17.7. The molecule has 0 radical (unpaired) electrons. The van der Waals surface area contributed by atoms with Crippen LogP contribution in [-0.4, -0.2) is 40.9 Å². The maximum absolute atomic E-state index is 12.8. The van der Waals surface area contributed by atoms with Crippen LogP contribution in [0, 0.1) is 13.8 Å². The number of fused-ring (bicyclic) bond motifs is 1. The van der Waals surface area contributed by atoms with Crippen LogP contribution in [0.5, 0.6) is 0 Å². The molecule has 0 aliphatic carbocycles. The first-order valence-electron chi connectivity index (χ1n) is 10.1. The number of aryl methyl sites for hydroxylation is 2. The molecule has 0 N–H and O–H groups in total. The number of aromatic nitrogens is 7. The molecule has 0 atom stereocenters. The maximum atomic E-state index is 12.8. The normalized spacial score (nSPS) is 12.0. The molecule has 33 heavy (non-hydrogen) atoms. The lowest BCUT2D eigenvalue weighted by Gasteiger charge is -2.06. The average Bonchev–Trinajstić information content (AvgIpc) is 3.45. The van der Waals surface area contributed by atoms with E-state index in [9.17, 15) is 13.2 Å². The van der Waals surface area contributed by atoms with Gasteiger partial charge in [-0.1, -0.05) is 5.16 Å². The summed E-state index contributed by atoms with van der Waals surface area (Å²) in [6.45, 7) is 2.94. The van der Waals surface area contributed by atoms with Crippen molar-refractivity contribution in [2.75, 3.05) is 0 Å². The predicted octanol–water partition coefficient (Wildman–Crippen LogP) is 4.57. The SMILES string of the molecule is Cc1noc(C)c1-c1cnc2c(-c3cnn(CC(F)(F)F)c3)cn(Cc3cccnn3)c2c1. The maximum Gasteiger partial charge on any atom is 0.408 e. The van der Waals surface area contributed by atoms with Crippen LogP contribution >= 0.6 is 0 Å². The minimum atomic E-state index is -4.36. The molecular formula is C22H18F3N7O. The number of rotatable bonds is 5. The summed E-state index contributed by atoms with van der Waals surface area (Å²) in [6, 6.07) is 5.62. The lowest BCUT2D eigenvalue weighted by molar-refractivity contribution is -0.142. The first-order chi connectivity index (χ1) is 15.8. The van der Waals surface area contributed by atoms with Gasteiger partial charge in [-0.05, 0) is 32.0 Å². The molecule has 168 valence electrons. The molecule has 5 rings (SSSR count). The van der Waals surface area contributed by atoms with E-state index < -0.39 is 12.7 Å². The molecule has 8 nitrogen and oxygen atoms in total. The Kier molecular flexibility index (Phi) is 4.95. The third kappa shape index (κ3) is 4.09. The molecule has 0 aromatic carbocycles. The standard InChI is InChI=1S/C22H18F3N7O/c1-13-20(14(2)33-30-13)15-6-19-21(26-7-15)18(11-31(19)10-17-4-3-5-27-29-17)16-8-28-32(9-16)12-22(23,24)25/h3-9,11H,10,12H2,1-2H3. The van der Waals surface area contributed by atoms with Crippen molar-refractivity contribution in [1.82, 2.24) is 34.7 Å². The highest BCUT2D eigenvalue weighted by Crippen LogP contribution is 2.34. The second-order valence-electron chi connectivity index (χ2n) is 7.72. The van der Waals surface area contributed by atoms with Gasteiger partial charge in [0.2, 0.25) is 0 Å². The van der Waals surface area contributed by atoms with Crippen molar-refractivity contribution < 1.29 is 17.7 Å². The lowest BCUT2D eigenvalue weighted by Crippen LogP contribution is -2.17. The molecule has 0 bridgehead atoms. The van der Waals surface area contributed by atoms with Gasteiger partial charge in [-0.3, -0.25) is 9.67 Å². The van der Waals surface area contributed by atoms with E-state index in [-0.39, 0.29) is 0 Å². The highest BCUT2D eigenvalue weighted by atomic mass is 19.4. The van der Waals surface area contributed by atoms with Crippen molar-refractivity contribution in [1.29, 1.82) is 0 Å². The summed E-state index contributed by atoms with van der Waals surface area (Å²) in [5.74, 6) is 0.675. The Balaban J connectivity index is 1.64. The van der Waals surface area contributed by atoms with E-state index in [0.29, 0.717) is 28.9 Å². The highest BCUT2D eigenvalue weighted by molar-refractivity contribution is 5.94. The fraction of sp³-hybridized carbons (Fsp3) is 0.227. The van der Waals surface area contributed by atoms with Crippen molar-refractivity contribution >= 4 is 11.0 Å². The van der Waals surface area contributed by atoms with Crippen LogP contribution < -0.4 is 0 Å². The molecule has 0 saturated carbocycles. The van der Waals surface area contributed by atoms with Crippen molar-refractivity contribution in [2.45, 2.75) is 33.1 Å². The van der Waals surface area contributed by atoms with E-state index in [2.05, 4.69) is 25.4 Å². The average molecular weight is 453 g/mol. The van der Waals surface area contributed by atoms with Gasteiger partial charge in [0.05, 0.1) is 35.2 Å². The van der Waals surface area contributed by atoms with E-state index in [0.717, 1.165) is 32.7 Å². The Morgan fingerprint density at radius 2 is 1.94 bits per heavy atom. The number of alkyl halides is 3. The van der Waals surface area contributed by atoms with Gasteiger partial charge < -0.3 is 9.09 Å². The Morgan fingerprint density at radius 3 is 2.64 bits per heavy atom. The summed E-state index contributed by atoms with van der Waals surface area (Å²) in [5, 5.41) is 16.0. The van der Waals surface area contributed by atoms with E-state index >= 15 is 0 Å². The van der Waals surface area contributed by atoms with E-state index in [1.54, 1.807) is 18.5 Å². The largest absolute Gasteiger partial charge is 0.408 e. The fourth-order valence-corrected chi connectivity index (χ4v) is 3.91. The van der Waals surface area contributed by atoms with Crippen molar-refractivity contribution in [3.63, 3.8) is 0 Å². The molecule has 0 spiro atoms. The first-order valence-corrected chi connectivity index (χ1v) is 10.1. The third-order valence-corrected chi connectivity index (χ3v) is 5.28. The van der Waals surface area contributed by atoms with Crippen LogP contribution in [0.1, 0.15) is 17.1 Å². The molecule has 0 aliphatic heterocycles. The minimum Gasteiger partial charge on any atom is -0.361 e. The van der Waals surface area contributed by atoms with Crippen molar-refractivity contribution in [3.05, 3.63) is 66.3 Å². The Hall–Kier alpha value is -4.02. The Bertz CT molecular complexity index is 1410. The number of nitrogens with zero attached hydrogens (tertiary/aromatic N) is 7. The second kappa shape index (κ2) is 7.84. The zero-order valence-corrected chi connectivity index (χ0v) is 17.7. The van der Waals surface area contributed by atoms with Crippen LogP contribution in [0.3, 0.4) is 0 Å². The van der Waals surface area contributed by atoms with Gasteiger partial charge in [0.15, 0.2) is 0 Å².